The molecule has 3 heteroatoms. The van der Waals surface area contributed by atoms with Gasteiger partial charge in [0.15, 0.2) is 0 Å². The molecule has 0 saturated carbocycles. The van der Waals surface area contributed by atoms with Crippen LogP contribution in [0.25, 0.3) is 0 Å². The SMILES string of the molecule is COC(=O)[C@H]1C[C@@H](C(C)(C)C)N[C@H]1c1ccc(C)cc1. The fraction of sp³-hybridized carbons (Fsp3) is 0.588. The fourth-order valence-electron chi connectivity index (χ4n) is 2.88. The number of benzene rings is 1. The topological polar surface area (TPSA) is 38.3 Å². The maximum Gasteiger partial charge on any atom is 0.310 e. The number of carbonyl (C=O) groups is 1. The summed E-state index contributed by atoms with van der Waals surface area (Å²) in [4.78, 5) is 12.1. The van der Waals surface area contributed by atoms with Gasteiger partial charge in [-0.05, 0) is 24.3 Å². The first-order valence-corrected chi connectivity index (χ1v) is 7.23. The predicted octanol–water partition coefficient (Wildman–Crippen LogP) is 3.23. The van der Waals surface area contributed by atoms with Crippen molar-refractivity contribution in [3.8, 4) is 0 Å². The van der Waals surface area contributed by atoms with Gasteiger partial charge in [-0.25, -0.2) is 0 Å². The van der Waals surface area contributed by atoms with Gasteiger partial charge in [-0.15, -0.1) is 0 Å². The zero-order valence-electron chi connectivity index (χ0n) is 13.1. The summed E-state index contributed by atoms with van der Waals surface area (Å²) in [5.41, 5.74) is 2.53. The molecule has 1 aromatic rings. The molecule has 0 aromatic heterocycles. The van der Waals surface area contributed by atoms with Crippen LogP contribution in [0.1, 0.15) is 44.4 Å². The van der Waals surface area contributed by atoms with E-state index in [2.05, 4.69) is 57.3 Å². The Labute approximate surface area is 121 Å². The van der Waals surface area contributed by atoms with E-state index in [1.807, 2.05) is 0 Å². The fourth-order valence-corrected chi connectivity index (χ4v) is 2.88. The summed E-state index contributed by atoms with van der Waals surface area (Å²) in [5.74, 6) is -0.221. The molecule has 1 aliphatic heterocycles. The van der Waals surface area contributed by atoms with Gasteiger partial charge < -0.3 is 10.1 Å². The van der Waals surface area contributed by atoms with Crippen molar-refractivity contribution in [1.82, 2.24) is 5.32 Å². The highest BCUT2D eigenvalue weighted by molar-refractivity contribution is 5.74. The van der Waals surface area contributed by atoms with E-state index in [9.17, 15) is 4.79 Å². The highest BCUT2D eigenvalue weighted by atomic mass is 16.5. The Morgan fingerprint density at radius 2 is 1.85 bits per heavy atom. The summed E-state index contributed by atoms with van der Waals surface area (Å²) in [5, 5.41) is 3.63. The van der Waals surface area contributed by atoms with E-state index in [1.54, 1.807) is 0 Å². The molecule has 0 aliphatic carbocycles. The minimum absolute atomic E-state index is 0.0484. The monoisotopic (exact) mass is 275 g/mol. The molecule has 1 heterocycles. The molecule has 1 aromatic carbocycles. The Morgan fingerprint density at radius 3 is 2.35 bits per heavy atom. The maximum atomic E-state index is 12.1. The summed E-state index contributed by atoms with van der Waals surface area (Å²) in [6.45, 7) is 8.69. The molecule has 20 heavy (non-hydrogen) atoms. The molecular formula is C17H25NO2. The molecule has 3 nitrogen and oxygen atoms in total. The minimum Gasteiger partial charge on any atom is -0.469 e. The number of hydrogen-bond donors (Lipinski definition) is 1. The van der Waals surface area contributed by atoms with Crippen LogP contribution in [0.4, 0.5) is 0 Å². The van der Waals surface area contributed by atoms with Crippen LogP contribution in [0.2, 0.25) is 0 Å². The van der Waals surface area contributed by atoms with Crippen molar-refractivity contribution >= 4 is 5.97 Å². The standard InChI is InChI=1S/C17H25NO2/c1-11-6-8-12(9-7-11)15-13(16(19)20-5)10-14(18-15)17(2,3)4/h6-9,13-15,18H,10H2,1-5H3/t13-,14-,15-/m0/s1. The third-order valence-corrected chi connectivity index (χ3v) is 4.26. The van der Waals surface area contributed by atoms with E-state index in [1.165, 1.54) is 12.7 Å². The first kappa shape index (κ1) is 15.0. The van der Waals surface area contributed by atoms with Crippen LogP contribution >= 0.6 is 0 Å². The molecule has 1 aliphatic rings. The van der Waals surface area contributed by atoms with E-state index in [-0.39, 0.29) is 23.3 Å². The van der Waals surface area contributed by atoms with Gasteiger partial charge in [0.05, 0.1) is 13.0 Å². The third kappa shape index (κ3) is 3.04. The van der Waals surface area contributed by atoms with Crippen molar-refractivity contribution in [3.05, 3.63) is 35.4 Å². The van der Waals surface area contributed by atoms with Crippen LogP contribution < -0.4 is 5.32 Å². The molecular weight excluding hydrogens is 250 g/mol. The molecule has 110 valence electrons. The molecule has 1 fully saturated rings. The number of methoxy groups -OCH3 is 1. The average Bonchev–Trinajstić information content (AvgIpc) is 2.83. The number of ether oxygens (including phenoxy) is 1. The second-order valence-electron chi connectivity index (χ2n) is 6.84. The van der Waals surface area contributed by atoms with Crippen molar-refractivity contribution < 1.29 is 9.53 Å². The van der Waals surface area contributed by atoms with Crippen molar-refractivity contribution in [3.63, 3.8) is 0 Å². The minimum atomic E-state index is -0.116. The van der Waals surface area contributed by atoms with Gasteiger partial charge in [0.1, 0.15) is 0 Å². The van der Waals surface area contributed by atoms with Gasteiger partial charge >= 0.3 is 5.97 Å². The van der Waals surface area contributed by atoms with Crippen molar-refractivity contribution in [2.45, 2.75) is 46.2 Å². The molecule has 0 spiro atoms. The molecule has 1 saturated heterocycles. The predicted molar refractivity (Wildman–Crippen MR) is 80.4 cm³/mol. The molecule has 0 amide bonds. The number of aryl methyl sites for hydroxylation is 1. The zero-order valence-corrected chi connectivity index (χ0v) is 13.1. The molecule has 0 unspecified atom stereocenters. The van der Waals surface area contributed by atoms with Crippen LogP contribution in [-0.4, -0.2) is 19.1 Å². The lowest BCUT2D eigenvalue weighted by Crippen LogP contribution is -2.36. The Kier molecular flexibility index (Phi) is 4.19. The van der Waals surface area contributed by atoms with Gasteiger partial charge in [-0.3, -0.25) is 4.79 Å². The molecule has 2 rings (SSSR count). The van der Waals surface area contributed by atoms with E-state index in [4.69, 9.17) is 4.74 Å². The van der Waals surface area contributed by atoms with Crippen molar-refractivity contribution in [2.75, 3.05) is 7.11 Å². The van der Waals surface area contributed by atoms with Crippen LogP contribution in [0.5, 0.6) is 0 Å². The highest BCUT2D eigenvalue weighted by Crippen LogP contribution is 2.39. The lowest BCUT2D eigenvalue weighted by Gasteiger charge is -2.27. The van der Waals surface area contributed by atoms with Crippen LogP contribution in [0, 0.1) is 18.3 Å². The Morgan fingerprint density at radius 1 is 1.25 bits per heavy atom. The van der Waals surface area contributed by atoms with Crippen molar-refractivity contribution in [1.29, 1.82) is 0 Å². The van der Waals surface area contributed by atoms with Crippen molar-refractivity contribution in [2.24, 2.45) is 11.3 Å². The summed E-state index contributed by atoms with van der Waals surface area (Å²) in [6.07, 6.45) is 0.828. The van der Waals surface area contributed by atoms with Gasteiger partial charge in [-0.1, -0.05) is 50.6 Å². The Balaban J connectivity index is 2.28. The quantitative estimate of drug-likeness (QED) is 0.842. The van der Waals surface area contributed by atoms with E-state index in [0.29, 0.717) is 6.04 Å². The normalized spacial score (nSPS) is 26.6. The van der Waals surface area contributed by atoms with Gasteiger partial charge in [0.2, 0.25) is 0 Å². The zero-order chi connectivity index (χ0) is 14.9. The number of esters is 1. The number of rotatable bonds is 2. The van der Waals surface area contributed by atoms with Crippen LogP contribution in [0.3, 0.4) is 0 Å². The lowest BCUT2D eigenvalue weighted by molar-refractivity contribution is -0.145. The molecule has 3 atom stereocenters. The molecule has 0 bridgehead atoms. The lowest BCUT2D eigenvalue weighted by atomic mass is 9.83. The number of nitrogens with one attached hydrogen (secondary N) is 1. The third-order valence-electron chi connectivity index (χ3n) is 4.26. The summed E-state index contributed by atoms with van der Waals surface area (Å²) in [6, 6.07) is 8.76. The molecule has 1 N–H and O–H groups in total. The Bertz CT molecular complexity index is 473. The second-order valence-corrected chi connectivity index (χ2v) is 6.84. The smallest absolute Gasteiger partial charge is 0.310 e. The van der Waals surface area contributed by atoms with Gasteiger partial charge in [0.25, 0.3) is 0 Å². The summed E-state index contributed by atoms with van der Waals surface area (Å²) >= 11 is 0. The van der Waals surface area contributed by atoms with E-state index < -0.39 is 0 Å². The maximum absolute atomic E-state index is 12.1. The first-order chi connectivity index (χ1) is 9.32. The summed E-state index contributed by atoms with van der Waals surface area (Å²) in [7, 11) is 1.47. The first-order valence-electron chi connectivity index (χ1n) is 7.23. The van der Waals surface area contributed by atoms with Gasteiger partial charge in [0, 0.05) is 12.1 Å². The van der Waals surface area contributed by atoms with E-state index in [0.717, 1.165) is 12.0 Å². The number of hydrogen-bond acceptors (Lipinski definition) is 3. The van der Waals surface area contributed by atoms with Crippen LogP contribution in [0.15, 0.2) is 24.3 Å². The highest BCUT2D eigenvalue weighted by Gasteiger charge is 2.43. The Hall–Kier alpha value is -1.35. The van der Waals surface area contributed by atoms with Gasteiger partial charge in [-0.2, -0.15) is 0 Å². The van der Waals surface area contributed by atoms with Crippen LogP contribution in [-0.2, 0) is 9.53 Å². The number of carbonyl (C=O) groups excluding carboxylic acids is 1. The van der Waals surface area contributed by atoms with E-state index >= 15 is 0 Å². The summed E-state index contributed by atoms with van der Waals surface area (Å²) < 4.78 is 4.99. The average molecular weight is 275 g/mol. The molecule has 0 radical (unpaired) electrons. The second kappa shape index (κ2) is 5.57. The largest absolute Gasteiger partial charge is 0.469 e.